The Bertz CT molecular complexity index is 488. The Balaban J connectivity index is 1.88. The highest BCUT2D eigenvalue weighted by Crippen LogP contribution is 2.24. The molecule has 1 aromatic heterocycles. The molecule has 2 aromatic rings. The van der Waals surface area contributed by atoms with Crippen molar-refractivity contribution in [2.45, 2.75) is 43.4 Å². The average Bonchev–Trinajstić information content (AvgIpc) is 2.82. The molecule has 0 N–H and O–H groups in total. The zero-order valence-electron chi connectivity index (χ0n) is 10.7. The van der Waals surface area contributed by atoms with Crippen LogP contribution in [-0.4, -0.2) is 14.9 Å². The smallest absolute Gasteiger partial charge is 0.181 e. The Morgan fingerprint density at radius 1 is 1.17 bits per heavy atom. The van der Waals surface area contributed by atoms with Crippen LogP contribution in [0.5, 0.6) is 0 Å². The van der Waals surface area contributed by atoms with E-state index in [-0.39, 0.29) is 0 Å². The van der Waals surface area contributed by atoms with Crippen LogP contribution < -0.4 is 0 Å². The van der Waals surface area contributed by atoms with E-state index < -0.39 is 10.8 Å². The predicted octanol–water partition coefficient (Wildman–Crippen LogP) is 4.37. The normalized spacial score (nSPS) is 12.9. The molecule has 1 aromatic carbocycles. The average molecular weight is 281 g/mol. The van der Waals surface area contributed by atoms with Gasteiger partial charge in [0.05, 0.1) is 21.0 Å². The maximum atomic E-state index is 12.1. The van der Waals surface area contributed by atoms with E-state index in [4.69, 9.17) is 0 Å². The minimum Gasteiger partial charge on any atom is -0.252 e. The van der Waals surface area contributed by atoms with Crippen LogP contribution in [0.1, 0.15) is 39.0 Å². The van der Waals surface area contributed by atoms with Gasteiger partial charge in [-0.15, -0.1) is 11.3 Å². The van der Waals surface area contributed by atoms with Crippen molar-refractivity contribution >= 4 is 32.4 Å². The lowest BCUT2D eigenvalue weighted by atomic mass is 10.2. The molecule has 2 rings (SSSR count). The number of unbranched alkanes of at least 4 members (excludes halogenated alkanes) is 4. The Morgan fingerprint density at radius 2 is 1.94 bits per heavy atom. The summed E-state index contributed by atoms with van der Waals surface area (Å²) in [7, 11) is -0.914. The first-order chi connectivity index (χ1) is 8.81. The molecule has 0 saturated heterocycles. The maximum Gasteiger partial charge on any atom is 0.181 e. The van der Waals surface area contributed by atoms with Crippen LogP contribution in [0.15, 0.2) is 28.6 Å². The molecule has 0 aliphatic rings. The molecule has 0 bridgehead atoms. The summed E-state index contributed by atoms with van der Waals surface area (Å²) in [5.41, 5.74) is 0.969. The summed E-state index contributed by atoms with van der Waals surface area (Å²) in [6.07, 6.45) is 6.02. The highest BCUT2D eigenvalue weighted by molar-refractivity contribution is 7.87. The molecule has 18 heavy (non-hydrogen) atoms. The van der Waals surface area contributed by atoms with E-state index in [9.17, 15) is 4.21 Å². The summed E-state index contributed by atoms with van der Waals surface area (Å²) in [4.78, 5) is 4.45. The third-order valence-corrected chi connectivity index (χ3v) is 5.68. The SMILES string of the molecule is CCCCCCCS(=O)c1nc2ccccc2s1. The van der Waals surface area contributed by atoms with Gasteiger partial charge in [-0.1, -0.05) is 44.7 Å². The summed E-state index contributed by atoms with van der Waals surface area (Å²) >= 11 is 1.56. The Kier molecular flexibility index (Phi) is 5.32. The molecular weight excluding hydrogens is 262 g/mol. The summed E-state index contributed by atoms with van der Waals surface area (Å²) in [5.74, 6) is 0.754. The van der Waals surface area contributed by atoms with Crippen molar-refractivity contribution in [2.75, 3.05) is 5.75 Å². The monoisotopic (exact) mass is 281 g/mol. The molecule has 98 valence electrons. The second-order valence-electron chi connectivity index (χ2n) is 4.41. The van der Waals surface area contributed by atoms with Crippen LogP contribution >= 0.6 is 11.3 Å². The third-order valence-electron chi connectivity index (χ3n) is 2.90. The van der Waals surface area contributed by atoms with Gasteiger partial charge >= 0.3 is 0 Å². The Hall–Kier alpha value is -0.740. The van der Waals surface area contributed by atoms with Gasteiger partial charge in [-0.2, -0.15) is 0 Å². The topological polar surface area (TPSA) is 30.0 Å². The Labute approximate surface area is 115 Å². The van der Waals surface area contributed by atoms with E-state index in [2.05, 4.69) is 11.9 Å². The molecule has 0 fully saturated rings. The molecule has 0 amide bonds. The molecule has 0 saturated carbocycles. The Morgan fingerprint density at radius 3 is 2.72 bits per heavy atom. The van der Waals surface area contributed by atoms with Crippen LogP contribution in [0.25, 0.3) is 10.2 Å². The fraction of sp³-hybridized carbons (Fsp3) is 0.500. The quantitative estimate of drug-likeness (QED) is 0.705. The van der Waals surface area contributed by atoms with Crippen LogP contribution in [0.4, 0.5) is 0 Å². The van der Waals surface area contributed by atoms with E-state index in [1.165, 1.54) is 25.7 Å². The lowest BCUT2D eigenvalue weighted by Gasteiger charge is -1.98. The van der Waals surface area contributed by atoms with Crippen molar-refractivity contribution in [3.05, 3.63) is 24.3 Å². The highest BCUT2D eigenvalue weighted by atomic mass is 32.2. The zero-order chi connectivity index (χ0) is 12.8. The third kappa shape index (κ3) is 3.62. The van der Waals surface area contributed by atoms with Gasteiger partial charge < -0.3 is 0 Å². The highest BCUT2D eigenvalue weighted by Gasteiger charge is 2.09. The number of para-hydroxylation sites is 1. The number of hydrogen-bond donors (Lipinski definition) is 0. The van der Waals surface area contributed by atoms with Gasteiger partial charge in [-0.25, -0.2) is 4.98 Å². The first kappa shape index (κ1) is 13.7. The number of thiazole rings is 1. The predicted molar refractivity (Wildman–Crippen MR) is 79.7 cm³/mol. The number of aromatic nitrogens is 1. The molecular formula is C14H19NOS2. The molecule has 0 aliphatic heterocycles. The molecule has 1 unspecified atom stereocenters. The molecule has 0 radical (unpaired) electrons. The van der Waals surface area contributed by atoms with Gasteiger partial charge in [-0.05, 0) is 18.6 Å². The van der Waals surface area contributed by atoms with Crippen LogP contribution in [0.2, 0.25) is 0 Å². The number of benzene rings is 1. The van der Waals surface area contributed by atoms with Gasteiger partial charge in [0.2, 0.25) is 0 Å². The first-order valence-corrected chi connectivity index (χ1v) is 8.68. The molecule has 0 aliphatic carbocycles. The minimum atomic E-state index is -0.914. The molecule has 0 spiro atoms. The molecule has 4 heteroatoms. The van der Waals surface area contributed by atoms with Gasteiger partial charge in [0.15, 0.2) is 4.34 Å². The minimum absolute atomic E-state index is 0.754. The summed E-state index contributed by atoms with van der Waals surface area (Å²) in [6.45, 7) is 2.21. The molecule has 2 nitrogen and oxygen atoms in total. The van der Waals surface area contributed by atoms with Crippen molar-refractivity contribution in [2.24, 2.45) is 0 Å². The molecule has 1 atom stereocenters. The number of hydrogen-bond acceptors (Lipinski definition) is 3. The summed E-state index contributed by atoms with van der Waals surface area (Å²) in [5, 5.41) is 0. The zero-order valence-corrected chi connectivity index (χ0v) is 12.4. The van der Waals surface area contributed by atoms with Crippen molar-refractivity contribution in [1.82, 2.24) is 4.98 Å². The van der Waals surface area contributed by atoms with Crippen molar-refractivity contribution < 1.29 is 4.21 Å². The number of fused-ring (bicyclic) bond motifs is 1. The van der Waals surface area contributed by atoms with Gasteiger partial charge in [0.25, 0.3) is 0 Å². The van der Waals surface area contributed by atoms with E-state index in [0.29, 0.717) is 0 Å². The number of nitrogens with zero attached hydrogens (tertiary/aromatic N) is 1. The van der Waals surface area contributed by atoms with Crippen molar-refractivity contribution in [3.63, 3.8) is 0 Å². The van der Waals surface area contributed by atoms with E-state index >= 15 is 0 Å². The van der Waals surface area contributed by atoms with Crippen LogP contribution in [-0.2, 0) is 10.8 Å². The van der Waals surface area contributed by atoms with Crippen molar-refractivity contribution in [1.29, 1.82) is 0 Å². The second-order valence-corrected chi connectivity index (χ2v) is 7.19. The first-order valence-electron chi connectivity index (χ1n) is 6.55. The van der Waals surface area contributed by atoms with Gasteiger partial charge in [0, 0.05) is 5.75 Å². The number of rotatable bonds is 7. The summed E-state index contributed by atoms with van der Waals surface area (Å²) < 4.78 is 14.0. The van der Waals surface area contributed by atoms with Crippen LogP contribution in [0.3, 0.4) is 0 Å². The van der Waals surface area contributed by atoms with Crippen LogP contribution in [0, 0.1) is 0 Å². The van der Waals surface area contributed by atoms with Gasteiger partial charge in [0.1, 0.15) is 0 Å². The van der Waals surface area contributed by atoms with E-state index in [0.717, 1.165) is 26.7 Å². The lowest BCUT2D eigenvalue weighted by molar-refractivity contribution is 0.647. The fourth-order valence-corrected chi connectivity index (χ4v) is 4.30. The van der Waals surface area contributed by atoms with E-state index in [1.54, 1.807) is 11.3 Å². The maximum absolute atomic E-state index is 12.1. The second kappa shape index (κ2) is 7.00. The van der Waals surface area contributed by atoms with Crippen molar-refractivity contribution in [3.8, 4) is 0 Å². The molecule has 1 heterocycles. The van der Waals surface area contributed by atoms with E-state index in [1.807, 2.05) is 24.3 Å². The van der Waals surface area contributed by atoms with Gasteiger partial charge in [-0.3, -0.25) is 4.21 Å². The standard InChI is InChI=1S/C14H19NOS2/c1-2-3-4-5-8-11-18(16)14-15-12-9-6-7-10-13(12)17-14/h6-7,9-10H,2-5,8,11H2,1H3. The summed E-state index contributed by atoms with van der Waals surface area (Å²) in [6, 6.07) is 7.99. The lowest BCUT2D eigenvalue weighted by Crippen LogP contribution is -1.97. The fourth-order valence-electron chi connectivity index (χ4n) is 1.87. The largest absolute Gasteiger partial charge is 0.252 e.